The summed E-state index contributed by atoms with van der Waals surface area (Å²) in [5, 5.41) is 18.7. The van der Waals surface area contributed by atoms with E-state index in [0.717, 1.165) is 11.3 Å². The minimum absolute atomic E-state index is 0.0136. The molecule has 0 aliphatic carbocycles. The van der Waals surface area contributed by atoms with Crippen molar-refractivity contribution in [2.24, 2.45) is 5.10 Å². The maximum absolute atomic E-state index is 10.8. The van der Waals surface area contributed by atoms with E-state index >= 15 is 0 Å². The highest BCUT2D eigenvalue weighted by Crippen LogP contribution is 2.23. The zero-order chi connectivity index (χ0) is 23.2. The lowest BCUT2D eigenvalue weighted by atomic mass is 10.2. The zero-order valence-corrected chi connectivity index (χ0v) is 18.5. The van der Waals surface area contributed by atoms with Gasteiger partial charge in [0.05, 0.1) is 24.4 Å². The van der Waals surface area contributed by atoms with E-state index in [-0.39, 0.29) is 11.6 Å². The smallest absolute Gasteiger partial charge is 0.269 e. The van der Waals surface area contributed by atoms with Crippen LogP contribution in [0.15, 0.2) is 47.6 Å². The van der Waals surface area contributed by atoms with Crippen LogP contribution in [0.5, 0.6) is 0 Å². The number of non-ortho nitro benzene ring substituents is 1. The lowest BCUT2D eigenvalue weighted by Gasteiger charge is -2.27. The maximum atomic E-state index is 10.8. The summed E-state index contributed by atoms with van der Waals surface area (Å²) in [6.07, 6.45) is 1.52. The molecule has 1 fully saturated rings. The van der Waals surface area contributed by atoms with E-state index < -0.39 is 4.92 Å². The molecule has 1 aromatic heterocycles. The summed E-state index contributed by atoms with van der Waals surface area (Å²) >= 11 is 6.23. The molecule has 2 N–H and O–H groups in total. The van der Waals surface area contributed by atoms with Crippen molar-refractivity contribution in [2.75, 3.05) is 41.9 Å². The Labute approximate surface area is 194 Å². The normalized spacial score (nSPS) is 13.8. The van der Waals surface area contributed by atoms with Gasteiger partial charge in [-0.2, -0.15) is 20.1 Å². The van der Waals surface area contributed by atoms with Gasteiger partial charge in [0.2, 0.25) is 17.8 Å². The SMILES string of the molecule is Cc1ccc(Nc2nc(N/N=C\c3ccc([N+](=O)[O-])cc3)nc(N3CCOCC3)n2)cc1Cl. The van der Waals surface area contributed by atoms with E-state index in [1.807, 2.05) is 24.0 Å². The molecule has 1 saturated heterocycles. The number of anilines is 4. The molecule has 0 spiro atoms. The quantitative estimate of drug-likeness (QED) is 0.302. The molecule has 0 bridgehead atoms. The number of rotatable bonds is 7. The molecule has 0 amide bonds. The molecule has 2 heterocycles. The van der Waals surface area contributed by atoms with Gasteiger partial charge in [0.15, 0.2) is 0 Å². The van der Waals surface area contributed by atoms with Crippen molar-refractivity contribution < 1.29 is 9.66 Å². The van der Waals surface area contributed by atoms with Crippen LogP contribution in [0.1, 0.15) is 11.1 Å². The van der Waals surface area contributed by atoms with Gasteiger partial charge in [-0.05, 0) is 42.3 Å². The van der Waals surface area contributed by atoms with E-state index in [2.05, 4.69) is 30.8 Å². The average molecular weight is 469 g/mol. The highest BCUT2D eigenvalue weighted by Gasteiger charge is 2.17. The van der Waals surface area contributed by atoms with E-state index in [9.17, 15) is 10.1 Å². The molecule has 0 radical (unpaired) electrons. The minimum atomic E-state index is -0.451. The largest absolute Gasteiger partial charge is 0.378 e. The Morgan fingerprint density at radius 3 is 2.55 bits per heavy atom. The predicted octanol–water partition coefficient (Wildman–Crippen LogP) is 3.77. The summed E-state index contributed by atoms with van der Waals surface area (Å²) in [7, 11) is 0. The fraction of sp³-hybridized carbons (Fsp3) is 0.238. The average Bonchev–Trinajstić information content (AvgIpc) is 2.82. The summed E-state index contributed by atoms with van der Waals surface area (Å²) in [4.78, 5) is 25.7. The first-order valence-electron chi connectivity index (χ1n) is 10.1. The van der Waals surface area contributed by atoms with Crippen molar-refractivity contribution >= 4 is 47.0 Å². The van der Waals surface area contributed by atoms with Crippen molar-refractivity contribution in [3.05, 3.63) is 68.7 Å². The summed E-state index contributed by atoms with van der Waals surface area (Å²) in [6.45, 7) is 4.42. The second-order valence-electron chi connectivity index (χ2n) is 7.19. The standard InChI is InChI=1S/C21H21ClN8O3/c1-14-2-5-16(12-18(14)22)24-19-25-20(27-21(26-19)29-8-10-33-11-9-29)28-23-13-15-3-6-17(7-4-15)30(31)32/h2-7,12-13H,8-11H2,1H3,(H2,24,25,26,27,28)/b23-13-. The van der Waals surface area contributed by atoms with E-state index in [1.165, 1.54) is 18.3 Å². The Bertz CT molecular complexity index is 1170. The first-order valence-corrected chi connectivity index (χ1v) is 10.5. The minimum Gasteiger partial charge on any atom is -0.378 e. The van der Waals surface area contributed by atoms with Crippen LogP contribution in [0.4, 0.5) is 29.2 Å². The highest BCUT2D eigenvalue weighted by molar-refractivity contribution is 6.31. The molecular formula is C21H21ClN8O3. The first-order chi connectivity index (χ1) is 16.0. The number of hydrogen-bond acceptors (Lipinski definition) is 10. The third kappa shape index (κ3) is 5.90. The van der Waals surface area contributed by atoms with E-state index in [0.29, 0.717) is 48.8 Å². The molecule has 33 heavy (non-hydrogen) atoms. The van der Waals surface area contributed by atoms with Gasteiger partial charge in [-0.3, -0.25) is 10.1 Å². The second kappa shape index (κ2) is 10.2. The van der Waals surface area contributed by atoms with E-state index in [1.54, 1.807) is 18.2 Å². The fourth-order valence-corrected chi connectivity index (χ4v) is 3.20. The van der Waals surface area contributed by atoms with Crippen LogP contribution in [0.3, 0.4) is 0 Å². The topological polar surface area (TPSA) is 131 Å². The number of aromatic nitrogens is 3. The van der Waals surface area contributed by atoms with Crippen LogP contribution in [0.2, 0.25) is 5.02 Å². The predicted molar refractivity (Wildman–Crippen MR) is 127 cm³/mol. The van der Waals surface area contributed by atoms with Crippen LogP contribution < -0.4 is 15.6 Å². The molecule has 0 unspecified atom stereocenters. The van der Waals surface area contributed by atoms with E-state index in [4.69, 9.17) is 16.3 Å². The number of hydrazone groups is 1. The van der Waals surface area contributed by atoms with Crippen LogP contribution >= 0.6 is 11.6 Å². The Morgan fingerprint density at radius 1 is 1.12 bits per heavy atom. The maximum Gasteiger partial charge on any atom is 0.269 e. The third-order valence-corrected chi connectivity index (χ3v) is 5.23. The van der Waals surface area contributed by atoms with Crippen LogP contribution in [-0.4, -0.2) is 52.4 Å². The molecule has 12 heteroatoms. The first kappa shape index (κ1) is 22.4. The van der Waals surface area contributed by atoms with Crippen LogP contribution in [0.25, 0.3) is 0 Å². The summed E-state index contributed by atoms with van der Waals surface area (Å²) in [5.74, 6) is 1.06. The molecule has 2 aromatic carbocycles. The Morgan fingerprint density at radius 2 is 1.85 bits per heavy atom. The molecule has 1 aliphatic rings. The van der Waals surface area contributed by atoms with Crippen LogP contribution in [0, 0.1) is 17.0 Å². The second-order valence-corrected chi connectivity index (χ2v) is 7.60. The number of hydrogen-bond donors (Lipinski definition) is 2. The number of benzene rings is 2. The number of aryl methyl sites for hydroxylation is 1. The third-order valence-electron chi connectivity index (χ3n) is 4.83. The molecule has 170 valence electrons. The summed E-state index contributed by atoms with van der Waals surface area (Å²) < 4.78 is 5.41. The van der Waals surface area contributed by atoms with Gasteiger partial charge in [-0.25, -0.2) is 5.43 Å². The Kier molecular flexibility index (Phi) is 6.91. The van der Waals surface area contributed by atoms with Crippen molar-refractivity contribution in [1.82, 2.24) is 15.0 Å². The Balaban J connectivity index is 1.55. The molecule has 4 rings (SSSR count). The lowest BCUT2D eigenvalue weighted by molar-refractivity contribution is -0.384. The van der Waals surface area contributed by atoms with Gasteiger partial charge in [0, 0.05) is 35.9 Å². The number of nitro groups is 1. The number of nitrogens with zero attached hydrogens (tertiary/aromatic N) is 6. The molecule has 11 nitrogen and oxygen atoms in total. The van der Waals surface area contributed by atoms with Gasteiger partial charge < -0.3 is 15.0 Å². The summed E-state index contributed by atoms with van der Waals surface area (Å²) in [5.41, 5.74) is 5.21. The lowest BCUT2D eigenvalue weighted by Crippen LogP contribution is -2.37. The molecule has 1 aliphatic heterocycles. The van der Waals surface area contributed by atoms with Crippen molar-refractivity contribution in [1.29, 1.82) is 0 Å². The highest BCUT2D eigenvalue weighted by atomic mass is 35.5. The van der Waals surface area contributed by atoms with Crippen molar-refractivity contribution in [2.45, 2.75) is 6.92 Å². The number of morpholine rings is 1. The monoisotopic (exact) mass is 468 g/mol. The van der Waals surface area contributed by atoms with Crippen molar-refractivity contribution in [3.8, 4) is 0 Å². The molecule has 3 aromatic rings. The number of halogens is 1. The molecule has 0 atom stereocenters. The van der Waals surface area contributed by atoms with Gasteiger partial charge in [-0.15, -0.1) is 0 Å². The number of ether oxygens (including phenoxy) is 1. The van der Waals surface area contributed by atoms with Crippen LogP contribution in [-0.2, 0) is 4.74 Å². The van der Waals surface area contributed by atoms with Crippen molar-refractivity contribution in [3.63, 3.8) is 0 Å². The van der Waals surface area contributed by atoms with Gasteiger partial charge in [0.1, 0.15) is 0 Å². The number of nitro benzene ring substituents is 1. The van der Waals surface area contributed by atoms with Gasteiger partial charge in [-0.1, -0.05) is 17.7 Å². The molecular weight excluding hydrogens is 448 g/mol. The number of nitrogens with one attached hydrogen (secondary N) is 2. The summed E-state index contributed by atoms with van der Waals surface area (Å²) in [6, 6.07) is 11.6. The molecule has 0 saturated carbocycles. The van der Waals surface area contributed by atoms with Gasteiger partial charge in [0.25, 0.3) is 5.69 Å². The Hall–Kier alpha value is -3.83. The zero-order valence-electron chi connectivity index (χ0n) is 17.7. The van der Waals surface area contributed by atoms with Gasteiger partial charge >= 0.3 is 0 Å². The fourth-order valence-electron chi connectivity index (χ4n) is 3.02.